The summed E-state index contributed by atoms with van der Waals surface area (Å²) in [6.07, 6.45) is 0. The fourth-order valence-corrected chi connectivity index (χ4v) is 6.92. The molecule has 46 heavy (non-hydrogen) atoms. The molecular weight excluding hydrogens is 556 g/mol. The molecule has 8 aromatic carbocycles. The van der Waals surface area contributed by atoms with Crippen LogP contribution in [0.4, 0.5) is 0 Å². The van der Waals surface area contributed by atoms with Crippen LogP contribution in [0.15, 0.2) is 170 Å². The standard InChI is InChI=1S/C44H28N2/c1-2-15-31(16-3-1)41-28-42(38-23-11-10-22-37(38)36-24-12-18-29-13-4-7-19-33(29)36)46-44(45-41)43-35-21-9-6-17-32(35)27-40-34-20-8-5-14-30(34)25-26-39(40)43/h1-28H. The molecular formula is C44H28N2. The molecule has 2 heteroatoms. The molecule has 9 aromatic rings. The van der Waals surface area contributed by atoms with E-state index in [-0.39, 0.29) is 0 Å². The maximum absolute atomic E-state index is 5.43. The summed E-state index contributed by atoms with van der Waals surface area (Å²) >= 11 is 0. The van der Waals surface area contributed by atoms with Crippen LogP contribution in [0.3, 0.4) is 0 Å². The van der Waals surface area contributed by atoms with Crippen LogP contribution in [0, 0.1) is 0 Å². The van der Waals surface area contributed by atoms with Crippen molar-refractivity contribution in [3.8, 4) is 45.0 Å². The Morgan fingerprint density at radius 2 is 0.891 bits per heavy atom. The molecule has 0 N–H and O–H groups in total. The molecule has 0 aliphatic heterocycles. The zero-order valence-electron chi connectivity index (χ0n) is 25.1. The Hall–Kier alpha value is -6.12. The van der Waals surface area contributed by atoms with Crippen molar-refractivity contribution in [3.63, 3.8) is 0 Å². The van der Waals surface area contributed by atoms with Gasteiger partial charge in [-0.25, -0.2) is 9.97 Å². The molecule has 0 spiro atoms. The number of aromatic nitrogens is 2. The lowest BCUT2D eigenvalue weighted by atomic mass is 9.91. The van der Waals surface area contributed by atoms with Crippen molar-refractivity contribution < 1.29 is 0 Å². The van der Waals surface area contributed by atoms with Crippen LogP contribution in [0.1, 0.15) is 0 Å². The molecule has 1 aromatic heterocycles. The van der Waals surface area contributed by atoms with Gasteiger partial charge in [0.2, 0.25) is 0 Å². The number of nitrogens with zero attached hydrogens (tertiary/aromatic N) is 2. The van der Waals surface area contributed by atoms with E-state index in [9.17, 15) is 0 Å². The molecule has 0 unspecified atom stereocenters. The molecule has 0 saturated carbocycles. The first kappa shape index (κ1) is 26.3. The Morgan fingerprint density at radius 3 is 1.72 bits per heavy atom. The first-order valence-corrected chi connectivity index (χ1v) is 15.7. The van der Waals surface area contributed by atoms with Gasteiger partial charge in [0.15, 0.2) is 5.82 Å². The highest BCUT2D eigenvalue weighted by Crippen LogP contribution is 2.41. The van der Waals surface area contributed by atoms with Crippen LogP contribution in [-0.4, -0.2) is 9.97 Å². The van der Waals surface area contributed by atoms with Crippen molar-refractivity contribution in [3.05, 3.63) is 170 Å². The summed E-state index contributed by atoms with van der Waals surface area (Å²) in [4.78, 5) is 10.8. The fourth-order valence-electron chi connectivity index (χ4n) is 6.92. The maximum Gasteiger partial charge on any atom is 0.161 e. The molecule has 9 rings (SSSR count). The highest BCUT2D eigenvalue weighted by Gasteiger charge is 2.19. The summed E-state index contributed by atoms with van der Waals surface area (Å²) in [6, 6.07) is 60.3. The second kappa shape index (κ2) is 10.8. The SMILES string of the molecule is c1ccc(-c2cc(-c3ccccc3-c3cccc4ccccc34)nc(-c3c4ccccc4cc4c3ccc3ccccc34)n2)cc1. The van der Waals surface area contributed by atoms with E-state index in [1.165, 1.54) is 37.9 Å². The molecule has 0 saturated heterocycles. The minimum absolute atomic E-state index is 0.723. The van der Waals surface area contributed by atoms with Gasteiger partial charge in [-0.3, -0.25) is 0 Å². The summed E-state index contributed by atoms with van der Waals surface area (Å²) in [5, 5.41) is 9.57. The Kier molecular flexibility index (Phi) is 6.17. The zero-order valence-corrected chi connectivity index (χ0v) is 25.1. The van der Waals surface area contributed by atoms with Gasteiger partial charge >= 0.3 is 0 Å². The van der Waals surface area contributed by atoms with Crippen molar-refractivity contribution in [2.24, 2.45) is 0 Å². The number of benzene rings is 8. The lowest BCUT2D eigenvalue weighted by Crippen LogP contribution is -1.98. The van der Waals surface area contributed by atoms with Crippen molar-refractivity contribution in [2.45, 2.75) is 0 Å². The van der Waals surface area contributed by atoms with Gasteiger partial charge in [0.25, 0.3) is 0 Å². The van der Waals surface area contributed by atoms with Gasteiger partial charge in [0.05, 0.1) is 11.4 Å². The number of rotatable bonds is 4. The van der Waals surface area contributed by atoms with Crippen molar-refractivity contribution in [2.75, 3.05) is 0 Å². The summed E-state index contributed by atoms with van der Waals surface area (Å²) in [5.74, 6) is 0.723. The molecule has 0 aliphatic rings. The molecule has 2 nitrogen and oxygen atoms in total. The molecule has 0 fully saturated rings. The Bertz CT molecular complexity index is 2580. The predicted octanol–water partition coefficient (Wildman–Crippen LogP) is 11.8. The van der Waals surface area contributed by atoms with Crippen LogP contribution in [0.2, 0.25) is 0 Å². The Morgan fingerprint density at radius 1 is 0.304 bits per heavy atom. The van der Waals surface area contributed by atoms with E-state index < -0.39 is 0 Å². The van der Waals surface area contributed by atoms with Gasteiger partial charge in [-0.05, 0) is 66.3 Å². The smallest absolute Gasteiger partial charge is 0.161 e. The molecule has 214 valence electrons. The number of hydrogen-bond donors (Lipinski definition) is 0. The summed E-state index contributed by atoms with van der Waals surface area (Å²) in [5.41, 5.74) is 7.33. The number of fused-ring (bicyclic) bond motifs is 5. The average molecular weight is 585 g/mol. The summed E-state index contributed by atoms with van der Waals surface area (Å²) in [6.45, 7) is 0. The van der Waals surface area contributed by atoms with E-state index in [0.717, 1.165) is 50.2 Å². The highest BCUT2D eigenvalue weighted by atomic mass is 14.9. The van der Waals surface area contributed by atoms with Crippen molar-refractivity contribution in [1.29, 1.82) is 0 Å². The highest BCUT2D eigenvalue weighted by molar-refractivity contribution is 6.19. The lowest BCUT2D eigenvalue weighted by molar-refractivity contribution is 1.19. The van der Waals surface area contributed by atoms with E-state index in [2.05, 4.69) is 164 Å². The normalized spacial score (nSPS) is 11.5. The second-order valence-electron chi connectivity index (χ2n) is 11.8. The summed E-state index contributed by atoms with van der Waals surface area (Å²) < 4.78 is 0. The first-order chi connectivity index (χ1) is 22.8. The molecule has 0 aliphatic carbocycles. The third kappa shape index (κ3) is 4.35. The van der Waals surface area contributed by atoms with E-state index in [1.54, 1.807) is 0 Å². The molecule has 0 amide bonds. The van der Waals surface area contributed by atoms with Gasteiger partial charge in [0, 0.05) is 16.7 Å². The fraction of sp³-hybridized carbons (Fsp3) is 0. The summed E-state index contributed by atoms with van der Waals surface area (Å²) in [7, 11) is 0. The van der Waals surface area contributed by atoms with Crippen LogP contribution in [-0.2, 0) is 0 Å². The van der Waals surface area contributed by atoms with Crippen molar-refractivity contribution in [1.82, 2.24) is 9.97 Å². The van der Waals surface area contributed by atoms with E-state index in [0.29, 0.717) is 0 Å². The minimum Gasteiger partial charge on any atom is -0.228 e. The van der Waals surface area contributed by atoms with E-state index >= 15 is 0 Å². The minimum atomic E-state index is 0.723. The third-order valence-corrected chi connectivity index (χ3v) is 9.07. The Labute approximate surface area is 267 Å². The quantitative estimate of drug-likeness (QED) is 0.152. The first-order valence-electron chi connectivity index (χ1n) is 15.7. The molecule has 1 heterocycles. The van der Waals surface area contributed by atoms with Crippen molar-refractivity contribution >= 4 is 43.1 Å². The monoisotopic (exact) mass is 584 g/mol. The second-order valence-corrected chi connectivity index (χ2v) is 11.8. The van der Waals surface area contributed by atoms with Gasteiger partial charge in [-0.15, -0.1) is 0 Å². The van der Waals surface area contributed by atoms with Gasteiger partial charge in [-0.1, -0.05) is 158 Å². The zero-order chi connectivity index (χ0) is 30.5. The van der Waals surface area contributed by atoms with Crippen LogP contribution >= 0.6 is 0 Å². The maximum atomic E-state index is 5.43. The number of hydrogen-bond acceptors (Lipinski definition) is 2. The van der Waals surface area contributed by atoms with E-state index in [1.807, 2.05) is 6.07 Å². The van der Waals surface area contributed by atoms with Crippen LogP contribution in [0.5, 0.6) is 0 Å². The van der Waals surface area contributed by atoms with Gasteiger partial charge in [-0.2, -0.15) is 0 Å². The molecule has 0 atom stereocenters. The molecule has 0 bridgehead atoms. The molecule has 0 radical (unpaired) electrons. The van der Waals surface area contributed by atoms with E-state index in [4.69, 9.17) is 9.97 Å². The largest absolute Gasteiger partial charge is 0.228 e. The van der Waals surface area contributed by atoms with Crippen LogP contribution < -0.4 is 0 Å². The lowest BCUT2D eigenvalue weighted by Gasteiger charge is -2.16. The topological polar surface area (TPSA) is 25.8 Å². The average Bonchev–Trinajstić information content (AvgIpc) is 3.13. The van der Waals surface area contributed by atoms with Gasteiger partial charge in [0.1, 0.15) is 0 Å². The van der Waals surface area contributed by atoms with Crippen LogP contribution in [0.25, 0.3) is 88.1 Å². The van der Waals surface area contributed by atoms with Gasteiger partial charge < -0.3 is 0 Å². The Balaban J connectivity index is 1.37. The third-order valence-electron chi connectivity index (χ3n) is 9.07. The predicted molar refractivity (Wildman–Crippen MR) is 194 cm³/mol.